The highest BCUT2D eigenvalue weighted by Gasteiger charge is 2.20. The van der Waals surface area contributed by atoms with E-state index in [1.807, 2.05) is 37.3 Å². The van der Waals surface area contributed by atoms with Crippen LogP contribution >= 0.6 is 0 Å². The molecule has 28 heavy (non-hydrogen) atoms. The summed E-state index contributed by atoms with van der Waals surface area (Å²) in [4.78, 5) is 36.3. The number of ether oxygens (including phenoxy) is 2. The number of para-hydroxylation sites is 1. The van der Waals surface area contributed by atoms with E-state index in [1.165, 1.54) is 14.0 Å². The predicted molar refractivity (Wildman–Crippen MR) is 104 cm³/mol. The molecule has 2 aromatic rings. The number of esters is 1. The van der Waals surface area contributed by atoms with Gasteiger partial charge in [0.1, 0.15) is 12.3 Å². The fourth-order valence-electron chi connectivity index (χ4n) is 2.53. The van der Waals surface area contributed by atoms with Crippen molar-refractivity contribution in [2.75, 3.05) is 13.7 Å². The first-order valence-corrected chi connectivity index (χ1v) is 8.88. The highest BCUT2D eigenvalue weighted by atomic mass is 16.5. The Labute approximate surface area is 164 Å². The third kappa shape index (κ3) is 5.84. The summed E-state index contributed by atoms with van der Waals surface area (Å²) in [7, 11) is 1.46. The summed E-state index contributed by atoms with van der Waals surface area (Å²) in [5, 5.41) is 5.25. The number of hydrogen-bond acceptors (Lipinski definition) is 5. The van der Waals surface area contributed by atoms with Crippen LogP contribution in [0.1, 0.15) is 35.8 Å². The van der Waals surface area contributed by atoms with Crippen molar-refractivity contribution in [1.82, 2.24) is 10.6 Å². The van der Waals surface area contributed by atoms with Gasteiger partial charge in [0.25, 0.3) is 11.8 Å². The minimum atomic E-state index is -0.984. The Morgan fingerprint density at radius 3 is 2.29 bits per heavy atom. The van der Waals surface area contributed by atoms with Gasteiger partial charge in [0.15, 0.2) is 6.10 Å². The van der Waals surface area contributed by atoms with Gasteiger partial charge >= 0.3 is 5.97 Å². The fourth-order valence-corrected chi connectivity index (χ4v) is 2.53. The van der Waals surface area contributed by atoms with Gasteiger partial charge in [-0.05, 0) is 31.5 Å². The molecule has 7 nitrogen and oxygen atoms in total. The predicted octanol–water partition coefficient (Wildman–Crippen LogP) is 2.23. The summed E-state index contributed by atoms with van der Waals surface area (Å²) in [5.41, 5.74) is 1.25. The third-order valence-electron chi connectivity index (χ3n) is 4.08. The maximum absolute atomic E-state index is 12.2. The van der Waals surface area contributed by atoms with Crippen LogP contribution in [-0.2, 0) is 14.3 Å². The molecule has 0 spiro atoms. The second-order valence-electron chi connectivity index (χ2n) is 6.16. The van der Waals surface area contributed by atoms with Gasteiger partial charge in [-0.3, -0.25) is 14.4 Å². The van der Waals surface area contributed by atoms with Crippen LogP contribution in [0.5, 0.6) is 5.75 Å². The summed E-state index contributed by atoms with van der Waals surface area (Å²) in [5.74, 6) is -1.20. The van der Waals surface area contributed by atoms with Gasteiger partial charge < -0.3 is 20.1 Å². The van der Waals surface area contributed by atoms with E-state index in [1.54, 1.807) is 24.3 Å². The zero-order valence-corrected chi connectivity index (χ0v) is 16.1. The third-order valence-corrected chi connectivity index (χ3v) is 4.08. The van der Waals surface area contributed by atoms with Gasteiger partial charge in [-0.25, -0.2) is 0 Å². The number of carbonyl (C=O) groups excluding carboxylic acids is 3. The lowest BCUT2D eigenvalue weighted by atomic mass is 10.1. The van der Waals surface area contributed by atoms with Gasteiger partial charge in [-0.1, -0.05) is 42.5 Å². The normalized spacial score (nSPS) is 12.4. The van der Waals surface area contributed by atoms with E-state index in [0.717, 1.165) is 5.56 Å². The molecule has 0 aliphatic heterocycles. The van der Waals surface area contributed by atoms with Crippen LogP contribution in [0.2, 0.25) is 0 Å². The smallest absolute Gasteiger partial charge is 0.326 e. The molecule has 0 aromatic heterocycles. The highest BCUT2D eigenvalue weighted by molar-refractivity contribution is 5.98. The summed E-state index contributed by atoms with van der Waals surface area (Å²) in [6.07, 6.45) is -0.984. The highest BCUT2D eigenvalue weighted by Crippen LogP contribution is 2.16. The van der Waals surface area contributed by atoms with E-state index in [-0.39, 0.29) is 12.6 Å². The van der Waals surface area contributed by atoms with E-state index in [9.17, 15) is 14.4 Å². The number of methoxy groups -OCH3 is 1. The second kappa shape index (κ2) is 10.1. The van der Waals surface area contributed by atoms with Crippen LogP contribution in [0.25, 0.3) is 0 Å². The molecule has 2 atom stereocenters. The molecule has 0 saturated heterocycles. The molecular formula is C21H24N2O5. The monoisotopic (exact) mass is 384 g/mol. The van der Waals surface area contributed by atoms with Crippen LogP contribution in [0.15, 0.2) is 54.6 Å². The number of carbonyl (C=O) groups is 3. The topological polar surface area (TPSA) is 93.7 Å². The molecule has 2 amide bonds. The van der Waals surface area contributed by atoms with E-state index < -0.39 is 23.9 Å². The molecule has 2 rings (SSSR count). The second-order valence-corrected chi connectivity index (χ2v) is 6.16. The zero-order valence-electron chi connectivity index (χ0n) is 16.1. The van der Waals surface area contributed by atoms with Crippen molar-refractivity contribution in [3.8, 4) is 5.75 Å². The zero-order chi connectivity index (χ0) is 20.5. The largest absolute Gasteiger partial charge is 0.496 e. The SMILES string of the molecule is COc1ccccc1C(=O)NCC(=O)OC(C)C(=O)NC(C)c1ccccc1. The maximum Gasteiger partial charge on any atom is 0.326 e. The first-order valence-electron chi connectivity index (χ1n) is 8.88. The van der Waals surface area contributed by atoms with Crippen molar-refractivity contribution in [1.29, 1.82) is 0 Å². The van der Waals surface area contributed by atoms with E-state index in [0.29, 0.717) is 11.3 Å². The van der Waals surface area contributed by atoms with E-state index in [4.69, 9.17) is 9.47 Å². The lowest BCUT2D eigenvalue weighted by Gasteiger charge is -2.18. The molecule has 2 N–H and O–H groups in total. The summed E-state index contributed by atoms with van der Waals surface area (Å²) in [6.45, 7) is 2.96. The standard InChI is InChI=1S/C21H24N2O5/c1-14(16-9-5-4-6-10-16)23-20(25)15(2)28-19(24)13-22-21(26)17-11-7-8-12-18(17)27-3/h4-12,14-15H,13H2,1-3H3,(H,22,26)(H,23,25). The Kier molecular flexibility index (Phi) is 7.56. The molecule has 7 heteroatoms. The Balaban J connectivity index is 1.81. The molecule has 0 radical (unpaired) electrons. The number of amides is 2. The first-order chi connectivity index (χ1) is 13.4. The summed E-state index contributed by atoms with van der Waals surface area (Å²) >= 11 is 0. The van der Waals surface area contributed by atoms with Crippen LogP contribution in [0.3, 0.4) is 0 Å². The molecule has 148 valence electrons. The average Bonchev–Trinajstić information content (AvgIpc) is 2.72. The lowest BCUT2D eigenvalue weighted by Crippen LogP contribution is -2.39. The Hall–Kier alpha value is -3.35. The van der Waals surface area contributed by atoms with Crippen molar-refractivity contribution in [3.05, 3.63) is 65.7 Å². The van der Waals surface area contributed by atoms with Crippen molar-refractivity contribution >= 4 is 17.8 Å². The van der Waals surface area contributed by atoms with Crippen molar-refractivity contribution in [3.63, 3.8) is 0 Å². The van der Waals surface area contributed by atoms with Gasteiger partial charge in [0.05, 0.1) is 18.7 Å². The van der Waals surface area contributed by atoms with Crippen LogP contribution < -0.4 is 15.4 Å². The molecule has 0 bridgehead atoms. The minimum absolute atomic E-state index is 0.222. The van der Waals surface area contributed by atoms with Crippen LogP contribution in [0.4, 0.5) is 0 Å². The average molecular weight is 384 g/mol. The first kappa shape index (κ1) is 21.0. The lowest BCUT2D eigenvalue weighted by molar-refractivity contribution is -0.154. The molecule has 0 saturated carbocycles. The molecule has 0 aliphatic carbocycles. The van der Waals surface area contributed by atoms with Gasteiger partial charge in [-0.15, -0.1) is 0 Å². The summed E-state index contributed by atoms with van der Waals surface area (Å²) < 4.78 is 10.2. The van der Waals surface area contributed by atoms with Crippen molar-refractivity contribution in [2.45, 2.75) is 26.0 Å². The van der Waals surface area contributed by atoms with Gasteiger partial charge in [0.2, 0.25) is 0 Å². The molecule has 2 aromatic carbocycles. The molecule has 0 aliphatic rings. The fraction of sp³-hybridized carbons (Fsp3) is 0.286. The Morgan fingerprint density at radius 2 is 1.61 bits per heavy atom. The molecule has 2 unspecified atom stereocenters. The van der Waals surface area contributed by atoms with E-state index in [2.05, 4.69) is 10.6 Å². The Morgan fingerprint density at radius 1 is 0.964 bits per heavy atom. The Bertz CT molecular complexity index is 823. The molecule has 0 fully saturated rings. The molecular weight excluding hydrogens is 360 g/mol. The number of rotatable bonds is 8. The van der Waals surface area contributed by atoms with Crippen LogP contribution in [0, 0.1) is 0 Å². The van der Waals surface area contributed by atoms with Crippen LogP contribution in [-0.4, -0.2) is 37.5 Å². The van der Waals surface area contributed by atoms with Crippen molar-refractivity contribution < 1.29 is 23.9 Å². The van der Waals surface area contributed by atoms with Gasteiger partial charge in [-0.2, -0.15) is 0 Å². The quantitative estimate of drug-likeness (QED) is 0.681. The number of nitrogens with one attached hydrogen (secondary N) is 2. The summed E-state index contributed by atoms with van der Waals surface area (Å²) in [6, 6.07) is 15.9. The van der Waals surface area contributed by atoms with Crippen molar-refractivity contribution in [2.24, 2.45) is 0 Å². The maximum atomic E-state index is 12.2. The number of hydrogen-bond donors (Lipinski definition) is 2. The number of benzene rings is 2. The van der Waals surface area contributed by atoms with E-state index >= 15 is 0 Å². The molecule has 0 heterocycles. The minimum Gasteiger partial charge on any atom is -0.496 e. The van der Waals surface area contributed by atoms with Gasteiger partial charge in [0, 0.05) is 0 Å².